The lowest BCUT2D eigenvalue weighted by Gasteiger charge is -2.13. The van der Waals surface area contributed by atoms with Crippen molar-refractivity contribution in [2.75, 3.05) is 7.11 Å². The molecule has 25 heavy (non-hydrogen) atoms. The van der Waals surface area contributed by atoms with Gasteiger partial charge in [0.2, 0.25) is 0 Å². The second kappa shape index (κ2) is 18.2. The highest BCUT2D eigenvalue weighted by atomic mass is 19.1. The molecule has 0 saturated heterocycles. The normalized spacial score (nSPS) is 13.6. The van der Waals surface area contributed by atoms with E-state index in [2.05, 4.69) is 11.7 Å². The van der Waals surface area contributed by atoms with Crippen LogP contribution in [0.15, 0.2) is 0 Å². The van der Waals surface area contributed by atoms with Crippen LogP contribution < -0.4 is 0 Å². The minimum Gasteiger partial charge on any atom is -0.467 e. The van der Waals surface area contributed by atoms with Crippen molar-refractivity contribution in [1.82, 2.24) is 0 Å². The number of carbonyl (C=O) groups is 1. The molecule has 0 radical (unpaired) electrons. The molecule has 0 spiro atoms. The Hall–Kier alpha value is -0.640. The summed E-state index contributed by atoms with van der Waals surface area (Å²) in [4.78, 5) is 11.0. The molecule has 3 nitrogen and oxygen atoms in total. The summed E-state index contributed by atoms with van der Waals surface area (Å²) >= 11 is 0. The average molecular weight is 361 g/mol. The zero-order valence-corrected chi connectivity index (χ0v) is 16.6. The van der Waals surface area contributed by atoms with Crippen molar-refractivity contribution in [3.8, 4) is 0 Å². The van der Waals surface area contributed by atoms with E-state index in [1.807, 2.05) is 0 Å². The van der Waals surface area contributed by atoms with Crippen LogP contribution in [-0.4, -0.2) is 30.5 Å². The predicted molar refractivity (Wildman–Crippen MR) is 102 cm³/mol. The van der Waals surface area contributed by atoms with Crippen LogP contribution in [0.2, 0.25) is 0 Å². The Kier molecular flexibility index (Phi) is 17.7. The Bertz CT molecular complexity index is 297. The molecule has 0 saturated carbocycles. The Morgan fingerprint density at radius 3 is 1.52 bits per heavy atom. The van der Waals surface area contributed by atoms with Gasteiger partial charge in [-0.1, -0.05) is 103 Å². The smallest absolute Gasteiger partial charge is 0.337 e. The van der Waals surface area contributed by atoms with Gasteiger partial charge in [0, 0.05) is 0 Å². The van der Waals surface area contributed by atoms with Gasteiger partial charge in [-0.25, -0.2) is 9.18 Å². The molecule has 0 amide bonds. The summed E-state index contributed by atoms with van der Waals surface area (Å²) in [5.41, 5.74) is 0. The van der Waals surface area contributed by atoms with E-state index in [0.717, 1.165) is 20.0 Å². The third-order valence-corrected chi connectivity index (χ3v) is 4.87. The van der Waals surface area contributed by atoms with Crippen LogP contribution in [0.1, 0.15) is 110 Å². The summed E-state index contributed by atoms with van der Waals surface area (Å²) in [6.45, 7) is 2.26. The first-order chi connectivity index (χ1) is 12.1. The van der Waals surface area contributed by atoms with Crippen molar-refractivity contribution in [2.45, 2.75) is 122 Å². The summed E-state index contributed by atoms with van der Waals surface area (Å²) in [6.07, 6.45) is 16.1. The van der Waals surface area contributed by atoms with Crippen molar-refractivity contribution in [3.63, 3.8) is 0 Å². The second-order valence-corrected chi connectivity index (χ2v) is 7.22. The fourth-order valence-corrected chi connectivity index (χ4v) is 3.14. The number of halogens is 1. The average Bonchev–Trinajstić information content (AvgIpc) is 2.63. The lowest BCUT2D eigenvalue weighted by Crippen LogP contribution is -2.31. The number of unbranched alkanes of at least 4 members (excludes halogenated alkanes) is 14. The van der Waals surface area contributed by atoms with Crippen LogP contribution in [0, 0.1) is 0 Å². The zero-order valence-electron chi connectivity index (χ0n) is 16.6. The fourth-order valence-electron chi connectivity index (χ4n) is 3.14. The van der Waals surface area contributed by atoms with Crippen molar-refractivity contribution in [2.24, 2.45) is 0 Å². The van der Waals surface area contributed by atoms with E-state index in [-0.39, 0.29) is 6.42 Å². The number of esters is 1. The molecule has 0 unspecified atom stereocenters. The Labute approximate surface area is 154 Å². The van der Waals surface area contributed by atoms with Crippen LogP contribution in [-0.2, 0) is 9.53 Å². The van der Waals surface area contributed by atoms with Crippen LogP contribution in [0.4, 0.5) is 4.39 Å². The van der Waals surface area contributed by atoms with E-state index in [1.165, 1.54) is 77.0 Å². The SMILES string of the molecule is CCCCCCCCCCCCCCCCC[C@@H](F)[C@@H](O)C(=O)OC. The van der Waals surface area contributed by atoms with E-state index >= 15 is 0 Å². The highest BCUT2D eigenvalue weighted by Crippen LogP contribution is 2.15. The number of alkyl halides is 1. The minimum absolute atomic E-state index is 0.231. The monoisotopic (exact) mass is 360 g/mol. The van der Waals surface area contributed by atoms with Gasteiger partial charge in [0.1, 0.15) is 6.17 Å². The zero-order chi connectivity index (χ0) is 18.8. The Morgan fingerprint density at radius 1 is 0.800 bits per heavy atom. The molecular weight excluding hydrogens is 319 g/mol. The standard InChI is InChI=1S/C21H41FO3/c1-3-4-5-6-7-8-9-10-11-12-13-14-15-16-17-18-19(22)20(23)21(24)25-2/h19-20,23H,3-18H2,1-2H3/t19-,20-/m1/s1. The van der Waals surface area contributed by atoms with Gasteiger partial charge in [0.05, 0.1) is 7.11 Å². The first kappa shape index (κ1) is 24.4. The molecule has 150 valence electrons. The number of aliphatic hydroxyl groups is 1. The maximum atomic E-state index is 13.5. The largest absolute Gasteiger partial charge is 0.467 e. The quantitative estimate of drug-likeness (QED) is 0.236. The van der Waals surface area contributed by atoms with Crippen molar-refractivity contribution in [1.29, 1.82) is 0 Å². The van der Waals surface area contributed by atoms with Gasteiger partial charge in [-0.2, -0.15) is 0 Å². The fraction of sp³-hybridized carbons (Fsp3) is 0.952. The lowest BCUT2D eigenvalue weighted by atomic mass is 10.0. The number of aliphatic hydroxyl groups excluding tert-OH is 1. The minimum atomic E-state index is -1.63. The van der Waals surface area contributed by atoms with Crippen LogP contribution >= 0.6 is 0 Å². The van der Waals surface area contributed by atoms with E-state index in [9.17, 15) is 14.3 Å². The van der Waals surface area contributed by atoms with Gasteiger partial charge in [-0.3, -0.25) is 0 Å². The molecule has 0 rings (SSSR count). The predicted octanol–water partition coefficient (Wildman–Crippen LogP) is 6.12. The number of ether oxygens (including phenoxy) is 1. The molecular formula is C21H41FO3. The van der Waals surface area contributed by atoms with Gasteiger partial charge in [0.15, 0.2) is 6.10 Å². The van der Waals surface area contributed by atoms with Gasteiger partial charge in [-0.05, 0) is 6.42 Å². The summed E-state index contributed by atoms with van der Waals surface area (Å²) in [5.74, 6) is -0.881. The van der Waals surface area contributed by atoms with Crippen LogP contribution in [0.25, 0.3) is 0 Å². The molecule has 1 N–H and O–H groups in total. The molecule has 2 atom stereocenters. The number of methoxy groups -OCH3 is 1. The van der Waals surface area contributed by atoms with E-state index in [1.54, 1.807) is 0 Å². The summed E-state index contributed by atoms with van der Waals surface area (Å²) in [5, 5.41) is 9.35. The van der Waals surface area contributed by atoms with Crippen molar-refractivity contribution >= 4 is 5.97 Å². The van der Waals surface area contributed by atoms with Gasteiger partial charge in [0.25, 0.3) is 0 Å². The molecule has 0 heterocycles. The number of rotatable bonds is 18. The van der Waals surface area contributed by atoms with E-state index in [0.29, 0.717) is 6.42 Å². The third-order valence-electron chi connectivity index (χ3n) is 4.87. The van der Waals surface area contributed by atoms with Crippen LogP contribution in [0.3, 0.4) is 0 Å². The highest BCUT2D eigenvalue weighted by Gasteiger charge is 2.25. The maximum Gasteiger partial charge on any atom is 0.337 e. The van der Waals surface area contributed by atoms with Gasteiger partial charge < -0.3 is 9.84 Å². The van der Waals surface area contributed by atoms with Crippen molar-refractivity contribution in [3.05, 3.63) is 0 Å². The second-order valence-electron chi connectivity index (χ2n) is 7.22. The molecule has 0 aromatic heterocycles. The molecule has 0 aliphatic carbocycles. The molecule has 0 aliphatic rings. The number of carbonyl (C=O) groups excluding carboxylic acids is 1. The molecule has 0 bridgehead atoms. The molecule has 0 aromatic carbocycles. The maximum absolute atomic E-state index is 13.5. The van der Waals surface area contributed by atoms with Crippen molar-refractivity contribution < 1.29 is 19.0 Å². The topological polar surface area (TPSA) is 46.5 Å². The van der Waals surface area contributed by atoms with E-state index < -0.39 is 18.2 Å². The first-order valence-corrected chi connectivity index (χ1v) is 10.5. The Morgan fingerprint density at radius 2 is 1.16 bits per heavy atom. The summed E-state index contributed by atoms with van der Waals surface area (Å²) in [6, 6.07) is 0. The molecule has 0 aliphatic heterocycles. The summed E-state index contributed by atoms with van der Waals surface area (Å²) < 4.78 is 17.9. The molecule has 0 fully saturated rings. The highest BCUT2D eigenvalue weighted by molar-refractivity contribution is 5.74. The third kappa shape index (κ3) is 15.3. The number of hydrogen-bond acceptors (Lipinski definition) is 3. The summed E-state index contributed by atoms with van der Waals surface area (Å²) in [7, 11) is 1.16. The Balaban J connectivity index is 3.22. The molecule has 0 aromatic rings. The van der Waals surface area contributed by atoms with E-state index in [4.69, 9.17) is 0 Å². The molecule has 4 heteroatoms. The first-order valence-electron chi connectivity index (χ1n) is 10.5. The lowest BCUT2D eigenvalue weighted by molar-refractivity contribution is -0.154. The van der Waals surface area contributed by atoms with Crippen LogP contribution in [0.5, 0.6) is 0 Å². The van der Waals surface area contributed by atoms with Gasteiger partial charge >= 0.3 is 5.97 Å². The number of hydrogen-bond donors (Lipinski definition) is 1. The van der Waals surface area contributed by atoms with Gasteiger partial charge in [-0.15, -0.1) is 0 Å².